The Balaban J connectivity index is 1.21. The molecule has 2 amide bonds. The van der Waals surface area contributed by atoms with Crippen LogP contribution in [0.2, 0.25) is 5.15 Å². The number of hydrogen-bond donors (Lipinski definition) is 4. The van der Waals surface area contributed by atoms with Crippen LogP contribution in [-0.2, 0) is 25.5 Å². The van der Waals surface area contributed by atoms with E-state index in [1.807, 2.05) is 0 Å². The Bertz CT molecular complexity index is 1500. The third-order valence-electron chi connectivity index (χ3n) is 8.79. The molecule has 0 radical (unpaired) electrons. The maximum atomic E-state index is 15.8. The molecule has 1 aromatic carbocycles. The smallest absolute Gasteiger partial charge is 0.276 e. The molecule has 0 spiro atoms. The molecule has 5 rings (SSSR count). The first-order valence-corrected chi connectivity index (χ1v) is 16.7. The van der Waals surface area contributed by atoms with Crippen LogP contribution in [0, 0.1) is 5.92 Å². The molecule has 1 aromatic heterocycles. The molecule has 45 heavy (non-hydrogen) atoms. The summed E-state index contributed by atoms with van der Waals surface area (Å²) in [5.74, 6) is -4.56. The zero-order valence-electron chi connectivity index (χ0n) is 24.6. The summed E-state index contributed by atoms with van der Waals surface area (Å²) in [6, 6.07) is 6.98. The van der Waals surface area contributed by atoms with Gasteiger partial charge in [-0.05, 0) is 62.1 Å². The normalized spacial score (nSPS) is 24.1. The summed E-state index contributed by atoms with van der Waals surface area (Å²) in [6.07, 6.45) is 1.27. The van der Waals surface area contributed by atoms with E-state index in [1.54, 1.807) is 17.0 Å². The number of aromatic nitrogens is 1. The van der Waals surface area contributed by atoms with Gasteiger partial charge < -0.3 is 31.7 Å². The van der Waals surface area contributed by atoms with Crippen molar-refractivity contribution in [2.75, 3.05) is 49.1 Å². The number of aliphatic hydroxyl groups excluding tert-OH is 1. The predicted molar refractivity (Wildman–Crippen MR) is 164 cm³/mol. The topological polar surface area (TPSA) is 175 Å². The van der Waals surface area contributed by atoms with Crippen LogP contribution in [0.15, 0.2) is 41.3 Å². The first-order chi connectivity index (χ1) is 21.3. The van der Waals surface area contributed by atoms with Gasteiger partial charge in [-0.25, -0.2) is 22.2 Å². The van der Waals surface area contributed by atoms with Gasteiger partial charge in [0.25, 0.3) is 5.92 Å². The van der Waals surface area contributed by atoms with Crippen molar-refractivity contribution < 1.29 is 31.9 Å². The summed E-state index contributed by atoms with van der Waals surface area (Å²) < 4.78 is 59.6. The molecule has 2 saturated heterocycles. The number of anilines is 2. The van der Waals surface area contributed by atoms with Crippen LogP contribution in [0.1, 0.15) is 37.7 Å². The van der Waals surface area contributed by atoms with E-state index in [4.69, 9.17) is 28.2 Å². The van der Waals surface area contributed by atoms with Gasteiger partial charge in [0.1, 0.15) is 17.0 Å². The van der Waals surface area contributed by atoms with Crippen LogP contribution in [0.4, 0.5) is 20.3 Å². The summed E-state index contributed by atoms with van der Waals surface area (Å²) in [5.41, 5.74) is 11.7. The molecule has 3 heterocycles. The number of sulfonamides is 1. The lowest BCUT2D eigenvalue weighted by molar-refractivity contribution is -0.124. The van der Waals surface area contributed by atoms with Crippen LogP contribution in [-0.4, -0.2) is 92.1 Å². The molecule has 16 heteroatoms. The fourth-order valence-corrected chi connectivity index (χ4v) is 7.78. The number of pyridine rings is 1. The van der Waals surface area contributed by atoms with Crippen molar-refractivity contribution >= 4 is 44.9 Å². The highest BCUT2D eigenvalue weighted by atomic mass is 35.5. The predicted octanol–water partition coefficient (Wildman–Crippen LogP) is 1.40. The minimum Gasteiger partial charge on any atom is -0.394 e. The van der Waals surface area contributed by atoms with Crippen LogP contribution >= 0.6 is 11.6 Å². The highest BCUT2D eigenvalue weighted by Crippen LogP contribution is 2.45. The monoisotopic (exact) mass is 669 g/mol. The number of nitrogens with two attached hydrogens (primary N) is 2. The maximum absolute atomic E-state index is 15.8. The summed E-state index contributed by atoms with van der Waals surface area (Å²) in [4.78, 5) is 31.7. The lowest BCUT2D eigenvalue weighted by Crippen LogP contribution is -2.49. The fourth-order valence-electron chi connectivity index (χ4n) is 6.15. The first-order valence-electron chi connectivity index (χ1n) is 14.9. The van der Waals surface area contributed by atoms with Gasteiger partial charge >= 0.3 is 0 Å². The Hall–Kier alpha value is -2.95. The number of benzene rings is 1. The second kappa shape index (κ2) is 13.4. The molecule has 2 aromatic rings. The SMILES string of the molecule is NC(CO)C(=O)N[C@H]1CC[C@@H](C(F)(F)c2cc(Cl)nc(N3CCN(S(=O)(=O)c4ccc(N5C[C@H](N)CC5=O)cc4)CC3)c2)CC1. The van der Waals surface area contributed by atoms with E-state index < -0.39 is 40.4 Å². The number of carbonyl (C=O) groups is 2. The van der Waals surface area contributed by atoms with Gasteiger partial charge in [0.2, 0.25) is 21.8 Å². The number of hydrogen-bond acceptors (Lipinski definition) is 9. The zero-order chi connectivity index (χ0) is 32.5. The van der Waals surface area contributed by atoms with Gasteiger partial charge in [-0.3, -0.25) is 9.59 Å². The van der Waals surface area contributed by atoms with Crippen molar-refractivity contribution in [2.24, 2.45) is 17.4 Å². The molecular weight excluding hydrogens is 632 g/mol. The second-order valence-electron chi connectivity index (χ2n) is 11.9. The van der Waals surface area contributed by atoms with E-state index in [1.165, 1.54) is 27.4 Å². The maximum Gasteiger partial charge on any atom is 0.276 e. The summed E-state index contributed by atoms with van der Waals surface area (Å²) in [7, 11) is -3.84. The van der Waals surface area contributed by atoms with Crippen molar-refractivity contribution in [3.63, 3.8) is 0 Å². The number of halogens is 3. The molecular formula is C29H38ClF2N7O5S. The van der Waals surface area contributed by atoms with Crippen LogP contribution < -0.4 is 26.6 Å². The number of amides is 2. The van der Waals surface area contributed by atoms with Gasteiger partial charge in [0.15, 0.2) is 0 Å². The van der Waals surface area contributed by atoms with Crippen molar-refractivity contribution in [3.8, 4) is 0 Å². The van der Waals surface area contributed by atoms with Crippen molar-refractivity contribution in [3.05, 3.63) is 47.1 Å². The molecule has 2 atom stereocenters. The fraction of sp³-hybridized carbons (Fsp3) is 0.552. The number of nitrogens with zero attached hydrogens (tertiary/aromatic N) is 4. The largest absolute Gasteiger partial charge is 0.394 e. The van der Waals surface area contributed by atoms with E-state index in [-0.39, 0.29) is 84.9 Å². The number of carbonyl (C=O) groups excluding carboxylic acids is 2. The van der Waals surface area contributed by atoms with Crippen molar-refractivity contribution in [1.82, 2.24) is 14.6 Å². The van der Waals surface area contributed by atoms with Crippen LogP contribution in [0.5, 0.6) is 0 Å². The Morgan fingerprint density at radius 1 is 1.11 bits per heavy atom. The van der Waals surface area contributed by atoms with Gasteiger partial charge in [-0.2, -0.15) is 4.31 Å². The van der Waals surface area contributed by atoms with Crippen LogP contribution in [0.25, 0.3) is 0 Å². The minimum atomic E-state index is -3.84. The van der Waals surface area contributed by atoms with E-state index in [0.717, 1.165) is 6.07 Å². The molecule has 2 aliphatic heterocycles. The van der Waals surface area contributed by atoms with E-state index in [2.05, 4.69) is 10.3 Å². The van der Waals surface area contributed by atoms with Gasteiger partial charge in [0.05, 0.1) is 11.5 Å². The summed E-state index contributed by atoms with van der Waals surface area (Å²) >= 11 is 6.21. The zero-order valence-corrected chi connectivity index (χ0v) is 26.2. The van der Waals surface area contributed by atoms with Crippen molar-refractivity contribution in [2.45, 2.75) is 61.0 Å². The van der Waals surface area contributed by atoms with E-state index in [9.17, 15) is 18.0 Å². The molecule has 1 saturated carbocycles. The third-order valence-corrected chi connectivity index (χ3v) is 10.9. The number of aliphatic hydroxyl groups is 1. The molecule has 3 fully saturated rings. The standard InChI is InChI=1S/C29H38ClF2N7O5S/c30-25-13-19(29(31,32)18-1-3-21(4-2-18)35-28(42)24(34)17-40)14-26(36-25)37-9-11-38(12-10-37)45(43,44)23-7-5-22(6-8-23)39-16-20(33)15-27(39)41/h5-8,13-14,18,20-21,24,40H,1-4,9-12,15-17,33-34H2,(H,35,42)/t18-,20-,21+,24?/m1/s1. The number of piperazine rings is 1. The molecule has 1 aliphatic carbocycles. The Morgan fingerprint density at radius 3 is 2.33 bits per heavy atom. The second-order valence-corrected chi connectivity index (χ2v) is 14.2. The molecule has 1 unspecified atom stereocenters. The lowest BCUT2D eigenvalue weighted by atomic mass is 9.80. The summed E-state index contributed by atoms with van der Waals surface area (Å²) in [5, 5.41) is 11.7. The molecule has 246 valence electrons. The first kappa shape index (κ1) is 33.4. The van der Waals surface area contributed by atoms with Gasteiger partial charge in [-0.15, -0.1) is 0 Å². The van der Waals surface area contributed by atoms with E-state index >= 15 is 8.78 Å². The number of nitrogens with one attached hydrogen (secondary N) is 1. The average Bonchev–Trinajstić information content (AvgIpc) is 3.38. The molecule has 3 aliphatic rings. The number of alkyl halides is 2. The third kappa shape index (κ3) is 7.23. The van der Waals surface area contributed by atoms with Crippen LogP contribution in [0.3, 0.4) is 0 Å². The Kier molecular flexibility index (Phi) is 9.96. The van der Waals surface area contributed by atoms with E-state index in [0.29, 0.717) is 25.1 Å². The minimum absolute atomic E-state index is 0.0870. The Labute approximate surface area is 265 Å². The molecule has 12 nitrogen and oxygen atoms in total. The molecule has 0 bridgehead atoms. The molecule has 6 N–H and O–H groups in total. The lowest BCUT2D eigenvalue weighted by Gasteiger charge is -2.36. The number of rotatable bonds is 9. The highest BCUT2D eigenvalue weighted by molar-refractivity contribution is 7.89. The Morgan fingerprint density at radius 2 is 1.76 bits per heavy atom. The van der Waals surface area contributed by atoms with Gasteiger partial charge in [0, 0.05) is 68.4 Å². The van der Waals surface area contributed by atoms with Gasteiger partial charge in [-0.1, -0.05) is 11.6 Å². The summed E-state index contributed by atoms with van der Waals surface area (Å²) in [6.45, 7) is 0.536. The highest BCUT2D eigenvalue weighted by Gasteiger charge is 2.44. The quantitative estimate of drug-likeness (QED) is 0.288. The average molecular weight is 670 g/mol. The van der Waals surface area contributed by atoms with Crippen molar-refractivity contribution in [1.29, 1.82) is 0 Å².